The van der Waals surface area contributed by atoms with Gasteiger partial charge >= 0.3 is 5.97 Å². The van der Waals surface area contributed by atoms with Crippen molar-refractivity contribution >= 4 is 32.4 Å². The second kappa shape index (κ2) is 11.5. The zero-order chi connectivity index (χ0) is 29.2. The van der Waals surface area contributed by atoms with Gasteiger partial charge < -0.3 is 19.5 Å². The van der Waals surface area contributed by atoms with E-state index in [0.717, 1.165) is 17.5 Å². The number of pyridine rings is 1. The summed E-state index contributed by atoms with van der Waals surface area (Å²) in [5, 5.41) is 12.1. The summed E-state index contributed by atoms with van der Waals surface area (Å²) in [5.74, 6) is 0.216. The molecule has 2 heterocycles. The molecule has 1 aliphatic heterocycles. The number of hydrogen-bond acceptors (Lipinski definition) is 8. The number of nitrogens with zero attached hydrogens (tertiary/aromatic N) is 2. The van der Waals surface area contributed by atoms with E-state index < -0.39 is 21.4 Å². The Bertz CT molecular complexity index is 1660. The molecule has 0 saturated carbocycles. The average Bonchev–Trinajstić information content (AvgIpc) is 3.01. The highest BCUT2D eigenvalue weighted by molar-refractivity contribution is 7.91. The summed E-state index contributed by atoms with van der Waals surface area (Å²) < 4.78 is 38.6. The molecule has 0 unspecified atom stereocenters. The number of aryl methyl sites for hydroxylation is 1. The van der Waals surface area contributed by atoms with Gasteiger partial charge in [-0.25, -0.2) is 13.2 Å². The minimum atomic E-state index is -3.96. The van der Waals surface area contributed by atoms with Crippen LogP contribution in [0.4, 0.5) is 5.69 Å². The van der Waals surface area contributed by atoms with E-state index in [9.17, 15) is 18.3 Å². The van der Waals surface area contributed by atoms with Crippen LogP contribution in [0.25, 0.3) is 10.9 Å². The number of hydrogen-bond donors (Lipinski definition) is 1. The van der Waals surface area contributed by atoms with E-state index in [0.29, 0.717) is 53.8 Å². The van der Waals surface area contributed by atoms with E-state index in [-0.39, 0.29) is 16.4 Å². The van der Waals surface area contributed by atoms with Crippen LogP contribution in [0.1, 0.15) is 48.2 Å². The van der Waals surface area contributed by atoms with Crippen LogP contribution in [0, 0.1) is 0 Å². The highest BCUT2D eigenvalue weighted by Crippen LogP contribution is 2.41. The zero-order valence-corrected chi connectivity index (χ0v) is 24.3. The number of anilines is 1. The standard InChI is InChI=1S/C32H34N2O6S/c1-4-22-6-13-26(14-7-22)41(37,38)29-21-33-28-15-8-23(31(35)40-5-2)20-27(28)30(29)34-18-16-32(36,17-19-34)24-9-11-25(39-3)12-10-24/h6-15,20-21,36H,4-5,16-19H2,1-3H3. The highest BCUT2D eigenvalue weighted by atomic mass is 32.2. The van der Waals surface area contributed by atoms with Gasteiger partial charge in [-0.05, 0) is 79.8 Å². The van der Waals surface area contributed by atoms with Gasteiger partial charge in [-0.15, -0.1) is 0 Å². The van der Waals surface area contributed by atoms with Crippen LogP contribution in [0.3, 0.4) is 0 Å². The second-order valence-electron chi connectivity index (χ2n) is 10.2. The first-order chi connectivity index (χ1) is 19.7. The van der Waals surface area contributed by atoms with Crippen LogP contribution in [-0.2, 0) is 26.6 Å². The van der Waals surface area contributed by atoms with Gasteiger partial charge in [0.15, 0.2) is 0 Å². The molecule has 1 N–H and O–H groups in total. The monoisotopic (exact) mass is 574 g/mol. The Labute approximate surface area is 240 Å². The number of aromatic nitrogens is 1. The topological polar surface area (TPSA) is 106 Å². The Morgan fingerprint density at radius 3 is 2.29 bits per heavy atom. The summed E-state index contributed by atoms with van der Waals surface area (Å²) in [5.41, 5.74) is 2.09. The Morgan fingerprint density at radius 2 is 1.68 bits per heavy atom. The maximum atomic E-state index is 14.1. The van der Waals surface area contributed by atoms with E-state index in [1.807, 2.05) is 48.2 Å². The molecular formula is C32H34N2O6S. The highest BCUT2D eigenvalue weighted by Gasteiger charge is 2.36. The first-order valence-electron chi connectivity index (χ1n) is 13.8. The number of fused-ring (bicyclic) bond motifs is 1. The van der Waals surface area contributed by atoms with Crippen LogP contribution < -0.4 is 9.64 Å². The van der Waals surface area contributed by atoms with E-state index in [1.165, 1.54) is 6.20 Å². The van der Waals surface area contributed by atoms with Crippen LogP contribution in [-0.4, -0.2) is 51.3 Å². The third-order valence-corrected chi connectivity index (χ3v) is 9.55. The predicted molar refractivity (Wildman–Crippen MR) is 157 cm³/mol. The number of carbonyl (C=O) groups is 1. The second-order valence-corrected chi connectivity index (χ2v) is 12.1. The molecule has 0 atom stereocenters. The third kappa shape index (κ3) is 5.52. The lowest BCUT2D eigenvalue weighted by Gasteiger charge is -2.40. The molecule has 0 aliphatic carbocycles. The molecule has 1 fully saturated rings. The molecule has 1 aromatic heterocycles. The van der Waals surface area contributed by atoms with Crippen molar-refractivity contribution in [2.45, 2.75) is 48.5 Å². The molecular weight excluding hydrogens is 540 g/mol. The lowest BCUT2D eigenvalue weighted by Crippen LogP contribution is -2.43. The van der Waals surface area contributed by atoms with Crippen molar-refractivity contribution in [1.82, 2.24) is 4.98 Å². The summed E-state index contributed by atoms with van der Waals surface area (Å²) >= 11 is 0. The number of benzene rings is 3. The van der Waals surface area contributed by atoms with Gasteiger partial charge in [-0.2, -0.15) is 0 Å². The van der Waals surface area contributed by atoms with E-state index in [2.05, 4.69) is 4.98 Å². The molecule has 0 radical (unpaired) electrons. The fourth-order valence-electron chi connectivity index (χ4n) is 5.35. The molecule has 1 saturated heterocycles. The average molecular weight is 575 g/mol. The van der Waals surface area contributed by atoms with Crippen LogP contribution >= 0.6 is 0 Å². The SMILES string of the molecule is CCOC(=O)c1ccc2ncc(S(=O)(=O)c3ccc(CC)cc3)c(N3CCC(O)(c4ccc(OC)cc4)CC3)c2c1. The van der Waals surface area contributed by atoms with Crippen LogP contribution in [0.5, 0.6) is 5.75 Å². The van der Waals surface area contributed by atoms with Crippen molar-refractivity contribution in [1.29, 1.82) is 0 Å². The number of aliphatic hydroxyl groups is 1. The number of methoxy groups -OCH3 is 1. The van der Waals surface area contributed by atoms with Crippen molar-refractivity contribution in [2.24, 2.45) is 0 Å². The van der Waals surface area contributed by atoms with Crippen LogP contribution in [0.2, 0.25) is 0 Å². The molecule has 4 aromatic rings. The zero-order valence-electron chi connectivity index (χ0n) is 23.5. The van der Waals surface area contributed by atoms with Crippen molar-refractivity contribution < 1.29 is 27.8 Å². The molecule has 214 valence electrons. The molecule has 5 rings (SSSR count). The number of ether oxygens (including phenoxy) is 2. The summed E-state index contributed by atoms with van der Waals surface area (Å²) in [6.45, 7) is 4.75. The normalized spacial score (nSPS) is 15.1. The van der Waals surface area contributed by atoms with Gasteiger partial charge in [0.2, 0.25) is 9.84 Å². The molecule has 0 bridgehead atoms. The van der Waals surface area contributed by atoms with Gasteiger partial charge in [0.25, 0.3) is 0 Å². The molecule has 9 heteroatoms. The summed E-state index contributed by atoms with van der Waals surface area (Å²) in [6, 6.07) is 19.2. The predicted octanol–water partition coefficient (Wildman–Crippen LogP) is 5.30. The minimum absolute atomic E-state index is 0.0603. The van der Waals surface area contributed by atoms with Crippen molar-refractivity contribution in [3.05, 3.63) is 89.6 Å². The van der Waals surface area contributed by atoms with E-state index in [4.69, 9.17) is 9.47 Å². The van der Waals surface area contributed by atoms with Crippen LogP contribution in [0.15, 0.2) is 82.7 Å². The fraction of sp³-hybridized carbons (Fsp3) is 0.312. The Balaban J connectivity index is 1.60. The maximum absolute atomic E-state index is 14.1. The molecule has 0 spiro atoms. The van der Waals surface area contributed by atoms with E-state index >= 15 is 0 Å². The fourth-order valence-corrected chi connectivity index (χ4v) is 6.78. The van der Waals surface area contributed by atoms with Crippen molar-refractivity contribution in [3.63, 3.8) is 0 Å². The van der Waals surface area contributed by atoms with Gasteiger partial charge in [0, 0.05) is 24.7 Å². The molecule has 3 aromatic carbocycles. The first kappa shape index (κ1) is 28.6. The quantitative estimate of drug-likeness (QED) is 0.283. The van der Waals surface area contributed by atoms with Crippen molar-refractivity contribution in [2.75, 3.05) is 31.7 Å². The Hall–Kier alpha value is -3.95. The Morgan fingerprint density at radius 1 is 1.00 bits per heavy atom. The molecule has 41 heavy (non-hydrogen) atoms. The number of rotatable bonds is 8. The number of piperidine rings is 1. The Kier molecular flexibility index (Phi) is 8.02. The summed E-state index contributed by atoms with van der Waals surface area (Å²) in [6.07, 6.45) is 2.95. The number of esters is 1. The molecule has 1 aliphatic rings. The first-order valence-corrected chi connectivity index (χ1v) is 15.2. The third-order valence-electron chi connectivity index (χ3n) is 7.78. The van der Waals surface area contributed by atoms with E-state index in [1.54, 1.807) is 44.4 Å². The lowest BCUT2D eigenvalue weighted by molar-refractivity contribution is 0.0117. The van der Waals surface area contributed by atoms with Gasteiger partial charge in [-0.1, -0.05) is 31.2 Å². The molecule has 0 amide bonds. The smallest absolute Gasteiger partial charge is 0.338 e. The summed E-state index contributed by atoms with van der Waals surface area (Å²) in [4.78, 5) is 19.3. The lowest BCUT2D eigenvalue weighted by atomic mass is 9.84. The number of carbonyl (C=O) groups excluding carboxylic acids is 1. The van der Waals surface area contributed by atoms with Gasteiger partial charge in [0.1, 0.15) is 10.6 Å². The number of sulfone groups is 1. The minimum Gasteiger partial charge on any atom is -0.497 e. The summed E-state index contributed by atoms with van der Waals surface area (Å²) in [7, 11) is -2.37. The largest absolute Gasteiger partial charge is 0.497 e. The molecule has 8 nitrogen and oxygen atoms in total. The van der Waals surface area contributed by atoms with Gasteiger partial charge in [0.05, 0.1) is 41.0 Å². The van der Waals surface area contributed by atoms with Gasteiger partial charge in [-0.3, -0.25) is 4.98 Å². The van der Waals surface area contributed by atoms with Crippen molar-refractivity contribution in [3.8, 4) is 5.75 Å². The maximum Gasteiger partial charge on any atom is 0.338 e.